The second-order valence-corrected chi connectivity index (χ2v) is 15.5. The number of aromatic nitrogens is 1. The Balaban J connectivity index is 1.70. The molecule has 0 saturated heterocycles. The third-order valence-electron chi connectivity index (χ3n) is 8.42. The number of nitrogens with zero attached hydrogens (tertiary/aromatic N) is 1. The molecule has 1 aliphatic carbocycles. The lowest BCUT2D eigenvalue weighted by molar-refractivity contribution is -0.659. The Labute approximate surface area is 204 Å². The zero-order chi connectivity index (χ0) is 24.0. The molecule has 4 aromatic rings. The maximum Gasteiger partial charge on any atom is 0.220 e. The van der Waals surface area contributed by atoms with Crippen LogP contribution in [-0.4, -0.2) is 8.07 Å². The smallest absolute Gasteiger partial charge is 0.206 e. The number of benzene rings is 3. The lowest BCUT2D eigenvalue weighted by Gasteiger charge is -2.30. The van der Waals surface area contributed by atoms with Crippen molar-refractivity contribution in [2.24, 2.45) is 7.05 Å². The van der Waals surface area contributed by atoms with Crippen molar-refractivity contribution in [2.45, 2.75) is 58.2 Å². The first-order chi connectivity index (χ1) is 16.3. The van der Waals surface area contributed by atoms with Crippen LogP contribution in [0.1, 0.15) is 36.8 Å². The van der Waals surface area contributed by atoms with E-state index in [1.54, 1.807) is 5.19 Å². The highest BCUT2D eigenvalue weighted by Crippen LogP contribution is 2.39. The topological polar surface area (TPSA) is 3.88 Å². The molecule has 3 heteroatoms. The molecule has 0 bridgehead atoms. The molecule has 1 heterocycles. The van der Waals surface area contributed by atoms with Crippen LogP contribution in [-0.2, 0) is 7.05 Å². The van der Waals surface area contributed by atoms with E-state index in [1.807, 2.05) is 50.2 Å². The van der Waals surface area contributed by atoms with E-state index in [9.17, 15) is 0 Å². The number of halogens is 1. The second-order valence-electron chi connectivity index (χ2n) is 10.7. The van der Waals surface area contributed by atoms with Gasteiger partial charge in [0.05, 0.1) is 19.0 Å². The SMILES string of the molecule is Cc1c(-c2c3ccc([Si](C)(C)C4CCCC4)cc3cc[n+]2C)cc(-c2ccccc2)c(F)c1C. The Kier molecular flexibility index (Phi) is 5.93. The van der Waals surface area contributed by atoms with Gasteiger partial charge in [-0.3, -0.25) is 0 Å². The summed E-state index contributed by atoms with van der Waals surface area (Å²) in [6, 6.07) is 21.3. The zero-order valence-electron chi connectivity index (χ0n) is 21.1. The Morgan fingerprint density at radius 1 is 0.853 bits per heavy atom. The fourth-order valence-corrected chi connectivity index (χ4v) is 9.31. The van der Waals surface area contributed by atoms with Gasteiger partial charge in [0, 0.05) is 11.6 Å². The maximum atomic E-state index is 15.4. The molecule has 1 aromatic heterocycles. The van der Waals surface area contributed by atoms with Crippen molar-refractivity contribution in [3.8, 4) is 22.4 Å². The van der Waals surface area contributed by atoms with Crippen molar-refractivity contribution < 1.29 is 8.96 Å². The molecule has 3 aromatic carbocycles. The number of rotatable bonds is 4. The van der Waals surface area contributed by atoms with E-state index < -0.39 is 8.07 Å². The molecule has 0 aliphatic heterocycles. The van der Waals surface area contributed by atoms with E-state index >= 15 is 4.39 Å². The summed E-state index contributed by atoms with van der Waals surface area (Å²) in [5.74, 6) is -0.123. The Morgan fingerprint density at radius 3 is 2.26 bits per heavy atom. The van der Waals surface area contributed by atoms with Crippen molar-refractivity contribution in [3.05, 3.63) is 83.8 Å². The van der Waals surface area contributed by atoms with Crippen LogP contribution in [0.5, 0.6) is 0 Å². The predicted octanol–water partition coefficient (Wildman–Crippen LogP) is 7.61. The third kappa shape index (κ3) is 3.80. The molecule has 0 amide bonds. The summed E-state index contributed by atoms with van der Waals surface area (Å²) in [4.78, 5) is 0. The van der Waals surface area contributed by atoms with Crippen LogP contribution < -0.4 is 9.75 Å². The molecule has 0 unspecified atom stereocenters. The second kappa shape index (κ2) is 8.78. The standard InChI is InChI=1S/C31H35FNSi/c1-21-22(2)30(32)29(23-11-7-6-8-12-23)20-28(21)31-27-16-15-26(19-24(27)17-18-33(31)3)34(4,5)25-13-9-10-14-25/h6-8,11-12,15-20,25H,9-10,13-14H2,1-5H3/q+1. The van der Waals surface area contributed by atoms with Crippen LogP contribution >= 0.6 is 0 Å². The van der Waals surface area contributed by atoms with E-state index in [-0.39, 0.29) is 5.82 Å². The number of hydrogen-bond donors (Lipinski definition) is 0. The highest BCUT2D eigenvalue weighted by atomic mass is 28.3. The maximum absolute atomic E-state index is 15.4. The number of aryl methyl sites for hydroxylation is 1. The van der Waals surface area contributed by atoms with Gasteiger partial charge in [-0.2, -0.15) is 0 Å². The van der Waals surface area contributed by atoms with Crippen molar-refractivity contribution in [1.82, 2.24) is 0 Å². The minimum absolute atomic E-state index is 0.123. The van der Waals surface area contributed by atoms with Gasteiger partial charge in [-0.1, -0.05) is 86.4 Å². The molecular weight excluding hydrogens is 433 g/mol. The van der Waals surface area contributed by atoms with Crippen LogP contribution in [0.3, 0.4) is 0 Å². The predicted molar refractivity (Wildman–Crippen MR) is 145 cm³/mol. The summed E-state index contributed by atoms with van der Waals surface area (Å²) in [7, 11) is 0.587. The van der Waals surface area contributed by atoms with Crippen LogP contribution in [0.2, 0.25) is 18.6 Å². The molecule has 1 nitrogen and oxygen atoms in total. The molecule has 1 saturated carbocycles. The average Bonchev–Trinajstić information content (AvgIpc) is 3.40. The van der Waals surface area contributed by atoms with Gasteiger partial charge in [0.15, 0.2) is 6.20 Å². The molecular formula is C31H35FNSi+. The van der Waals surface area contributed by atoms with Crippen molar-refractivity contribution in [2.75, 3.05) is 0 Å². The molecule has 0 N–H and O–H groups in total. The monoisotopic (exact) mass is 468 g/mol. The summed E-state index contributed by atoms with van der Waals surface area (Å²) in [6.45, 7) is 9.05. The summed E-state index contributed by atoms with van der Waals surface area (Å²) in [5, 5.41) is 4.08. The van der Waals surface area contributed by atoms with Crippen LogP contribution in [0, 0.1) is 19.7 Å². The molecule has 0 spiro atoms. The fraction of sp³-hybridized carbons (Fsp3) is 0.323. The largest absolute Gasteiger partial charge is 0.220 e. The third-order valence-corrected chi connectivity index (χ3v) is 12.8. The highest BCUT2D eigenvalue weighted by Gasteiger charge is 2.35. The van der Waals surface area contributed by atoms with Gasteiger partial charge in [0.1, 0.15) is 12.9 Å². The molecule has 1 aliphatic rings. The van der Waals surface area contributed by atoms with E-state index in [4.69, 9.17) is 0 Å². The van der Waals surface area contributed by atoms with Gasteiger partial charge < -0.3 is 0 Å². The number of pyridine rings is 1. The summed E-state index contributed by atoms with van der Waals surface area (Å²) in [5.41, 5.74) is 6.46. The molecule has 0 radical (unpaired) electrons. The van der Waals surface area contributed by atoms with Gasteiger partial charge in [0.25, 0.3) is 0 Å². The Bertz CT molecular complexity index is 1370. The van der Waals surface area contributed by atoms with Gasteiger partial charge in [-0.05, 0) is 53.6 Å². The zero-order valence-corrected chi connectivity index (χ0v) is 22.1. The minimum Gasteiger partial charge on any atom is -0.206 e. The first-order valence-corrected chi connectivity index (χ1v) is 15.6. The van der Waals surface area contributed by atoms with Gasteiger partial charge in [-0.15, -0.1) is 0 Å². The first kappa shape index (κ1) is 23.0. The Hall–Kier alpha value is -2.78. The van der Waals surface area contributed by atoms with Crippen molar-refractivity contribution in [3.63, 3.8) is 0 Å². The van der Waals surface area contributed by atoms with Gasteiger partial charge in [-0.25, -0.2) is 8.96 Å². The average molecular weight is 469 g/mol. The van der Waals surface area contributed by atoms with Crippen LogP contribution in [0.15, 0.2) is 66.9 Å². The van der Waals surface area contributed by atoms with E-state index in [1.165, 1.54) is 36.5 Å². The van der Waals surface area contributed by atoms with E-state index in [2.05, 4.69) is 55.2 Å². The molecule has 174 valence electrons. The summed E-state index contributed by atoms with van der Waals surface area (Å²) >= 11 is 0. The van der Waals surface area contributed by atoms with Crippen LogP contribution in [0.25, 0.3) is 33.2 Å². The van der Waals surface area contributed by atoms with E-state index in [0.717, 1.165) is 33.5 Å². The van der Waals surface area contributed by atoms with Gasteiger partial charge in [0.2, 0.25) is 5.69 Å². The highest BCUT2D eigenvalue weighted by molar-refractivity contribution is 6.91. The van der Waals surface area contributed by atoms with Gasteiger partial charge >= 0.3 is 0 Å². The molecule has 1 fully saturated rings. The lowest BCUT2D eigenvalue weighted by Crippen LogP contribution is -2.45. The number of fused-ring (bicyclic) bond motifs is 1. The number of hydrogen-bond acceptors (Lipinski definition) is 0. The Morgan fingerprint density at radius 2 is 1.56 bits per heavy atom. The van der Waals surface area contributed by atoms with E-state index in [0.29, 0.717) is 5.56 Å². The molecule has 0 atom stereocenters. The summed E-state index contributed by atoms with van der Waals surface area (Å²) < 4.78 is 17.6. The van der Waals surface area contributed by atoms with Crippen LogP contribution in [0.4, 0.5) is 4.39 Å². The summed E-state index contributed by atoms with van der Waals surface area (Å²) in [6.07, 6.45) is 7.72. The van der Waals surface area contributed by atoms with Crippen molar-refractivity contribution in [1.29, 1.82) is 0 Å². The quantitative estimate of drug-likeness (QED) is 0.214. The first-order valence-electron chi connectivity index (χ1n) is 12.6. The molecule has 5 rings (SSSR count). The minimum atomic E-state index is -1.51. The fourth-order valence-electron chi connectivity index (χ4n) is 5.95. The van der Waals surface area contributed by atoms with Crippen molar-refractivity contribution >= 4 is 24.0 Å². The normalized spacial score (nSPS) is 14.8. The lowest BCUT2D eigenvalue weighted by atomic mass is 9.91. The molecule has 34 heavy (non-hydrogen) atoms.